The second-order valence-corrected chi connectivity index (χ2v) is 6.82. The first-order chi connectivity index (χ1) is 14.4. The molecule has 0 aliphatic rings. The van der Waals surface area contributed by atoms with Gasteiger partial charge in [0.2, 0.25) is 0 Å². The van der Waals surface area contributed by atoms with E-state index >= 15 is 0 Å². The summed E-state index contributed by atoms with van der Waals surface area (Å²) >= 11 is 6.05. The molecule has 0 radical (unpaired) electrons. The molecule has 2 aromatic carbocycles. The van der Waals surface area contributed by atoms with Gasteiger partial charge in [-0.3, -0.25) is 9.59 Å². The average Bonchev–Trinajstić information content (AvgIpc) is 2.76. The molecule has 0 aliphatic carbocycles. The molecule has 8 nitrogen and oxygen atoms in total. The van der Waals surface area contributed by atoms with Gasteiger partial charge < -0.3 is 21.6 Å². The van der Waals surface area contributed by atoms with Crippen LogP contribution in [0.5, 0.6) is 0 Å². The van der Waals surface area contributed by atoms with Gasteiger partial charge in [-0.15, -0.1) is 0 Å². The Bertz CT molecular complexity index is 1110. The van der Waals surface area contributed by atoms with Crippen molar-refractivity contribution in [3.05, 3.63) is 88.1 Å². The van der Waals surface area contributed by atoms with Crippen molar-refractivity contribution in [1.29, 1.82) is 0 Å². The normalized spacial score (nSPS) is 11.1. The lowest BCUT2D eigenvalue weighted by molar-refractivity contribution is 0.102. The number of nitrogens with zero attached hydrogens (tertiary/aromatic N) is 2. The van der Waals surface area contributed by atoms with Gasteiger partial charge in [-0.1, -0.05) is 35.0 Å². The van der Waals surface area contributed by atoms with Crippen LogP contribution in [0.15, 0.2) is 65.9 Å². The zero-order valence-electron chi connectivity index (χ0n) is 15.9. The van der Waals surface area contributed by atoms with E-state index in [4.69, 9.17) is 22.5 Å². The third-order valence-corrected chi connectivity index (χ3v) is 4.41. The first-order valence-electron chi connectivity index (χ1n) is 8.80. The second kappa shape index (κ2) is 9.06. The Kier molecular flexibility index (Phi) is 6.29. The number of amides is 2. The number of halogens is 1. The Morgan fingerprint density at radius 3 is 2.33 bits per heavy atom. The SMILES string of the molecule is Cc1ccc(NC(=O)c2cc(Cl)ccc2NC(=O)c2ccc(/C(N)=N\O)cc2)nc1. The van der Waals surface area contributed by atoms with Crippen LogP contribution in [0.1, 0.15) is 31.8 Å². The number of hydrogen-bond acceptors (Lipinski definition) is 5. The first kappa shape index (κ1) is 20.8. The smallest absolute Gasteiger partial charge is 0.258 e. The van der Waals surface area contributed by atoms with Crippen molar-refractivity contribution < 1.29 is 14.8 Å². The molecule has 0 atom stereocenters. The molecule has 0 fully saturated rings. The summed E-state index contributed by atoms with van der Waals surface area (Å²) in [5.74, 6) is -0.595. The maximum absolute atomic E-state index is 12.7. The highest BCUT2D eigenvalue weighted by atomic mass is 35.5. The van der Waals surface area contributed by atoms with Crippen molar-refractivity contribution in [3.8, 4) is 0 Å². The quantitative estimate of drug-likeness (QED) is 0.215. The number of carbonyl (C=O) groups excluding carboxylic acids is 2. The third kappa shape index (κ3) is 4.92. The number of hydrogen-bond donors (Lipinski definition) is 4. The lowest BCUT2D eigenvalue weighted by Gasteiger charge is -2.12. The summed E-state index contributed by atoms with van der Waals surface area (Å²) in [6.45, 7) is 1.89. The van der Waals surface area contributed by atoms with E-state index < -0.39 is 11.8 Å². The molecule has 152 valence electrons. The van der Waals surface area contributed by atoms with Crippen molar-refractivity contribution in [2.75, 3.05) is 10.6 Å². The zero-order valence-corrected chi connectivity index (χ0v) is 16.6. The van der Waals surface area contributed by atoms with Gasteiger partial charge in [0.05, 0.1) is 11.3 Å². The average molecular weight is 424 g/mol. The minimum atomic E-state index is -0.466. The molecular formula is C21H18ClN5O3. The number of rotatable bonds is 5. The number of aromatic nitrogens is 1. The molecule has 1 heterocycles. The molecule has 0 spiro atoms. The van der Waals surface area contributed by atoms with Crippen LogP contribution in [-0.4, -0.2) is 27.8 Å². The lowest BCUT2D eigenvalue weighted by atomic mass is 10.1. The molecule has 0 aliphatic heterocycles. The lowest BCUT2D eigenvalue weighted by Crippen LogP contribution is -2.19. The number of aryl methyl sites for hydroxylation is 1. The Hall–Kier alpha value is -3.91. The standard InChI is InChI=1S/C21H18ClN5O3/c1-12-2-9-18(24-11-12)26-21(29)16-10-15(22)7-8-17(16)25-20(28)14-5-3-13(4-6-14)19(23)27-30/h2-11,30H,1H3,(H2,23,27)(H,25,28)(H,24,26,29). The number of carbonyl (C=O) groups is 2. The number of amidine groups is 1. The highest BCUT2D eigenvalue weighted by Gasteiger charge is 2.16. The highest BCUT2D eigenvalue weighted by Crippen LogP contribution is 2.23. The van der Waals surface area contributed by atoms with E-state index in [-0.39, 0.29) is 17.1 Å². The van der Waals surface area contributed by atoms with Crippen LogP contribution in [0.4, 0.5) is 11.5 Å². The monoisotopic (exact) mass is 423 g/mol. The van der Waals surface area contributed by atoms with E-state index in [0.717, 1.165) is 5.56 Å². The molecule has 9 heteroatoms. The van der Waals surface area contributed by atoms with Crippen LogP contribution in [0, 0.1) is 6.92 Å². The van der Waals surface area contributed by atoms with Gasteiger partial charge >= 0.3 is 0 Å². The summed E-state index contributed by atoms with van der Waals surface area (Å²) < 4.78 is 0. The van der Waals surface area contributed by atoms with Crippen LogP contribution in [0.25, 0.3) is 0 Å². The molecule has 3 aromatic rings. The van der Waals surface area contributed by atoms with Gasteiger partial charge in [0.1, 0.15) is 5.82 Å². The number of nitrogens with one attached hydrogen (secondary N) is 2. The molecule has 30 heavy (non-hydrogen) atoms. The van der Waals surface area contributed by atoms with Crippen molar-refractivity contribution in [3.63, 3.8) is 0 Å². The predicted molar refractivity (Wildman–Crippen MR) is 115 cm³/mol. The number of nitrogens with two attached hydrogens (primary N) is 1. The molecule has 1 aromatic heterocycles. The summed E-state index contributed by atoms with van der Waals surface area (Å²) in [6, 6.07) is 14.2. The van der Waals surface area contributed by atoms with Gasteiger partial charge in [0.25, 0.3) is 11.8 Å². The van der Waals surface area contributed by atoms with E-state index in [1.807, 2.05) is 13.0 Å². The Morgan fingerprint density at radius 2 is 1.70 bits per heavy atom. The minimum Gasteiger partial charge on any atom is -0.409 e. The Labute approximate surface area is 177 Å². The second-order valence-electron chi connectivity index (χ2n) is 6.38. The van der Waals surface area contributed by atoms with Crippen molar-refractivity contribution >= 4 is 40.8 Å². The van der Waals surface area contributed by atoms with Crippen LogP contribution in [-0.2, 0) is 0 Å². The van der Waals surface area contributed by atoms with E-state index in [9.17, 15) is 9.59 Å². The molecule has 0 bridgehead atoms. The molecule has 0 saturated carbocycles. The maximum Gasteiger partial charge on any atom is 0.258 e. The summed E-state index contributed by atoms with van der Waals surface area (Å²) in [5.41, 5.74) is 7.74. The number of anilines is 2. The molecule has 3 rings (SSSR count). The fourth-order valence-electron chi connectivity index (χ4n) is 2.58. The van der Waals surface area contributed by atoms with E-state index in [0.29, 0.717) is 22.0 Å². The number of benzene rings is 2. The first-order valence-corrected chi connectivity index (χ1v) is 9.18. The Balaban J connectivity index is 1.81. The predicted octanol–water partition coefficient (Wildman–Crippen LogP) is 3.64. The number of oxime groups is 1. The van der Waals surface area contributed by atoms with Crippen molar-refractivity contribution in [1.82, 2.24) is 4.98 Å². The van der Waals surface area contributed by atoms with Crippen LogP contribution in [0.3, 0.4) is 0 Å². The molecule has 0 unspecified atom stereocenters. The fourth-order valence-corrected chi connectivity index (χ4v) is 2.76. The van der Waals surface area contributed by atoms with E-state index in [2.05, 4.69) is 20.8 Å². The minimum absolute atomic E-state index is 0.0664. The largest absolute Gasteiger partial charge is 0.409 e. The molecule has 2 amide bonds. The summed E-state index contributed by atoms with van der Waals surface area (Å²) in [5, 5.41) is 17.4. The van der Waals surface area contributed by atoms with Gasteiger partial charge in [0, 0.05) is 22.3 Å². The molecule has 5 N–H and O–H groups in total. The highest BCUT2D eigenvalue weighted by molar-refractivity contribution is 6.31. The van der Waals surface area contributed by atoms with Gasteiger partial charge in [-0.2, -0.15) is 0 Å². The summed E-state index contributed by atoms with van der Waals surface area (Å²) in [6.07, 6.45) is 1.63. The zero-order chi connectivity index (χ0) is 21.7. The van der Waals surface area contributed by atoms with Gasteiger partial charge in [-0.05, 0) is 48.9 Å². The molecule has 0 saturated heterocycles. The third-order valence-electron chi connectivity index (χ3n) is 4.18. The van der Waals surface area contributed by atoms with E-state index in [1.54, 1.807) is 36.5 Å². The van der Waals surface area contributed by atoms with Crippen LogP contribution < -0.4 is 16.4 Å². The summed E-state index contributed by atoms with van der Waals surface area (Å²) in [7, 11) is 0. The fraction of sp³-hybridized carbons (Fsp3) is 0.0476. The molecular weight excluding hydrogens is 406 g/mol. The van der Waals surface area contributed by atoms with Crippen LogP contribution in [0.2, 0.25) is 5.02 Å². The van der Waals surface area contributed by atoms with Gasteiger partial charge in [-0.25, -0.2) is 4.98 Å². The van der Waals surface area contributed by atoms with Crippen molar-refractivity contribution in [2.45, 2.75) is 6.92 Å². The van der Waals surface area contributed by atoms with Crippen molar-refractivity contribution in [2.24, 2.45) is 10.9 Å². The maximum atomic E-state index is 12.7. The van der Waals surface area contributed by atoms with Crippen LogP contribution >= 0.6 is 11.6 Å². The Morgan fingerprint density at radius 1 is 1.00 bits per heavy atom. The number of pyridine rings is 1. The topological polar surface area (TPSA) is 130 Å². The van der Waals surface area contributed by atoms with Gasteiger partial charge in [0.15, 0.2) is 5.84 Å². The summed E-state index contributed by atoms with van der Waals surface area (Å²) in [4.78, 5) is 29.5. The van der Waals surface area contributed by atoms with E-state index in [1.165, 1.54) is 18.2 Å².